The number of nitrogens with one attached hydrogen (secondary N) is 1. The SMILES string of the molecule is COC(OC)(c1cccc(Cl)c1)C(C)OC(=O)Nc1ccc(Cl)cc1. The number of carbonyl (C=O) groups is 1. The van der Waals surface area contributed by atoms with E-state index in [1.54, 1.807) is 55.5 Å². The second-order valence-electron chi connectivity index (χ2n) is 5.27. The number of halogens is 2. The minimum atomic E-state index is -1.29. The maximum atomic E-state index is 12.2. The van der Waals surface area contributed by atoms with E-state index in [4.69, 9.17) is 37.4 Å². The van der Waals surface area contributed by atoms with Crippen molar-refractivity contribution < 1.29 is 19.0 Å². The number of carbonyl (C=O) groups excluding carboxylic acids is 1. The Labute approximate surface area is 156 Å². The molecule has 0 bridgehead atoms. The van der Waals surface area contributed by atoms with Crippen LogP contribution in [0.4, 0.5) is 10.5 Å². The van der Waals surface area contributed by atoms with Gasteiger partial charge < -0.3 is 14.2 Å². The Morgan fingerprint density at radius 1 is 1.04 bits per heavy atom. The van der Waals surface area contributed by atoms with Crippen LogP contribution in [-0.2, 0) is 20.0 Å². The van der Waals surface area contributed by atoms with Crippen molar-refractivity contribution in [2.24, 2.45) is 0 Å². The lowest BCUT2D eigenvalue weighted by atomic mass is 10.0. The molecule has 0 spiro atoms. The second-order valence-corrected chi connectivity index (χ2v) is 6.14. The van der Waals surface area contributed by atoms with E-state index in [9.17, 15) is 4.79 Å². The molecule has 0 aliphatic heterocycles. The summed E-state index contributed by atoms with van der Waals surface area (Å²) in [6.45, 7) is 1.68. The van der Waals surface area contributed by atoms with Gasteiger partial charge in [-0.25, -0.2) is 4.79 Å². The van der Waals surface area contributed by atoms with Gasteiger partial charge in [-0.15, -0.1) is 0 Å². The zero-order valence-electron chi connectivity index (χ0n) is 14.1. The van der Waals surface area contributed by atoms with Crippen LogP contribution in [0.25, 0.3) is 0 Å². The van der Waals surface area contributed by atoms with E-state index in [0.717, 1.165) is 0 Å². The van der Waals surface area contributed by atoms with Crippen LogP contribution >= 0.6 is 23.2 Å². The standard InChI is InChI=1S/C18H19Cl2NO4/c1-12(25-17(22)21-16-9-7-14(19)8-10-16)18(23-2,24-3)13-5-4-6-15(20)11-13/h4-12H,1-3H3,(H,21,22). The molecule has 5 nitrogen and oxygen atoms in total. The maximum absolute atomic E-state index is 12.2. The fourth-order valence-corrected chi connectivity index (χ4v) is 2.83. The summed E-state index contributed by atoms with van der Waals surface area (Å²) in [5, 5.41) is 3.72. The van der Waals surface area contributed by atoms with Gasteiger partial charge in [0.2, 0.25) is 5.79 Å². The molecule has 0 aliphatic carbocycles. The molecule has 1 atom stereocenters. The van der Waals surface area contributed by atoms with E-state index in [0.29, 0.717) is 21.3 Å². The summed E-state index contributed by atoms with van der Waals surface area (Å²) in [7, 11) is 2.95. The lowest BCUT2D eigenvalue weighted by molar-refractivity contribution is -0.263. The zero-order chi connectivity index (χ0) is 18.4. The smallest absolute Gasteiger partial charge is 0.412 e. The summed E-state index contributed by atoms with van der Waals surface area (Å²) in [4.78, 5) is 12.2. The number of benzene rings is 2. The number of ether oxygens (including phenoxy) is 3. The molecule has 0 saturated heterocycles. The van der Waals surface area contributed by atoms with Crippen LogP contribution in [0.2, 0.25) is 10.0 Å². The minimum Gasteiger partial charge on any atom is -0.440 e. The van der Waals surface area contributed by atoms with Gasteiger partial charge >= 0.3 is 6.09 Å². The van der Waals surface area contributed by atoms with Crippen LogP contribution in [0.15, 0.2) is 48.5 Å². The van der Waals surface area contributed by atoms with E-state index in [-0.39, 0.29) is 0 Å². The minimum absolute atomic E-state index is 0.522. The molecule has 1 unspecified atom stereocenters. The van der Waals surface area contributed by atoms with Crippen molar-refractivity contribution in [3.8, 4) is 0 Å². The molecule has 0 aromatic heterocycles. The Kier molecular flexibility index (Phi) is 6.67. The van der Waals surface area contributed by atoms with Gasteiger partial charge in [0.05, 0.1) is 0 Å². The van der Waals surface area contributed by atoms with Gasteiger partial charge in [-0.3, -0.25) is 5.32 Å². The third kappa shape index (κ3) is 4.64. The third-order valence-corrected chi connectivity index (χ3v) is 4.23. The zero-order valence-corrected chi connectivity index (χ0v) is 15.6. The van der Waals surface area contributed by atoms with Crippen molar-refractivity contribution in [2.45, 2.75) is 18.8 Å². The normalized spacial score (nSPS) is 12.5. The summed E-state index contributed by atoms with van der Waals surface area (Å²) >= 11 is 11.9. The largest absolute Gasteiger partial charge is 0.440 e. The van der Waals surface area contributed by atoms with Gasteiger partial charge in [-0.05, 0) is 43.3 Å². The highest BCUT2D eigenvalue weighted by atomic mass is 35.5. The molecular formula is C18H19Cl2NO4. The number of hydrogen-bond donors (Lipinski definition) is 1. The first kappa shape index (κ1) is 19.5. The van der Waals surface area contributed by atoms with E-state index in [1.165, 1.54) is 14.2 Å². The molecular weight excluding hydrogens is 365 g/mol. The number of rotatable bonds is 6. The molecule has 0 radical (unpaired) electrons. The molecule has 2 rings (SSSR count). The Morgan fingerprint density at radius 2 is 1.68 bits per heavy atom. The van der Waals surface area contributed by atoms with Crippen molar-refractivity contribution in [1.29, 1.82) is 0 Å². The average Bonchev–Trinajstić information content (AvgIpc) is 2.58. The molecule has 134 valence electrons. The molecule has 25 heavy (non-hydrogen) atoms. The predicted molar refractivity (Wildman–Crippen MR) is 98.2 cm³/mol. The number of amides is 1. The Hall–Kier alpha value is -1.79. The van der Waals surface area contributed by atoms with Crippen molar-refractivity contribution in [3.05, 3.63) is 64.1 Å². The molecule has 0 saturated carbocycles. The van der Waals surface area contributed by atoms with Crippen molar-refractivity contribution in [2.75, 3.05) is 19.5 Å². The lowest BCUT2D eigenvalue weighted by Gasteiger charge is -2.36. The van der Waals surface area contributed by atoms with Gasteiger partial charge in [0.25, 0.3) is 0 Å². The summed E-state index contributed by atoms with van der Waals surface area (Å²) < 4.78 is 16.6. The van der Waals surface area contributed by atoms with E-state index in [2.05, 4.69) is 5.32 Å². The molecule has 2 aromatic rings. The van der Waals surface area contributed by atoms with E-state index < -0.39 is 18.0 Å². The van der Waals surface area contributed by atoms with Crippen molar-refractivity contribution in [3.63, 3.8) is 0 Å². The average molecular weight is 384 g/mol. The summed E-state index contributed by atoms with van der Waals surface area (Å²) in [6, 6.07) is 13.7. The fourth-order valence-electron chi connectivity index (χ4n) is 2.51. The van der Waals surface area contributed by atoms with Gasteiger partial charge in [0.15, 0.2) is 6.10 Å². The summed E-state index contributed by atoms with van der Waals surface area (Å²) in [6.07, 6.45) is -1.40. The quantitative estimate of drug-likeness (QED) is 0.706. The summed E-state index contributed by atoms with van der Waals surface area (Å²) in [5.41, 5.74) is 1.20. The molecule has 7 heteroatoms. The first-order chi connectivity index (χ1) is 11.9. The van der Waals surface area contributed by atoms with Crippen LogP contribution in [0.3, 0.4) is 0 Å². The van der Waals surface area contributed by atoms with Crippen LogP contribution in [-0.4, -0.2) is 26.4 Å². The number of anilines is 1. The topological polar surface area (TPSA) is 56.8 Å². The van der Waals surface area contributed by atoms with Crippen molar-refractivity contribution in [1.82, 2.24) is 0 Å². The number of hydrogen-bond acceptors (Lipinski definition) is 4. The molecule has 0 heterocycles. The molecule has 1 amide bonds. The second kappa shape index (κ2) is 8.54. The highest BCUT2D eigenvalue weighted by molar-refractivity contribution is 6.30. The van der Waals surface area contributed by atoms with Crippen LogP contribution in [0.5, 0.6) is 0 Å². The van der Waals surface area contributed by atoms with Crippen LogP contribution in [0, 0.1) is 0 Å². The van der Waals surface area contributed by atoms with Crippen LogP contribution in [0.1, 0.15) is 12.5 Å². The van der Waals surface area contributed by atoms with Gasteiger partial charge in [-0.1, -0.05) is 35.3 Å². The van der Waals surface area contributed by atoms with E-state index in [1.807, 2.05) is 0 Å². The Bertz CT molecular complexity index is 717. The van der Waals surface area contributed by atoms with Crippen molar-refractivity contribution >= 4 is 35.0 Å². The molecule has 1 N–H and O–H groups in total. The Morgan fingerprint density at radius 3 is 2.24 bits per heavy atom. The van der Waals surface area contributed by atoms with Gasteiger partial charge in [0.1, 0.15) is 0 Å². The van der Waals surface area contributed by atoms with Crippen LogP contribution < -0.4 is 5.32 Å². The Balaban J connectivity index is 2.15. The maximum Gasteiger partial charge on any atom is 0.412 e. The third-order valence-electron chi connectivity index (χ3n) is 3.74. The predicted octanol–water partition coefficient (Wildman–Crippen LogP) is 5.08. The molecule has 0 aliphatic rings. The number of methoxy groups -OCH3 is 2. The highest BCUT2D eigenvalue weighted by Gasteiger charge is 2.41. The summed E-state index contributed by atoms with van der Waals surface area (Å²) in [5.74, 6) is -1.29. The fraction of sp³-hybridized carbons (Fsp3) is 0.278. The molecule has 0 fully saturated rings. The van der Waals surface area contributed by atoms with Gasteiger partial charge in [0, 0.05) is 35.5 Å². The highest BCUT2D eigenvalue weighted by Crippen LogP contribution is 2.33. The lowest BCUT2D eigenvalue weighted by Crippen LogP contribution is -2.44. The first-order valence-electron chi connectivity index (χ1n) is 7.51. The molecule has 2 aromatic carbocycles. The first-order valence-corrected chi connectivity index (χ1v) is 8.26. The van der Waals surface area contributed by atoms with E-state index >= 15 is 0 Å². The van der Waals surface area contributed by atoms with Gasteiger partial charge in [-0.2, -0.15) is 0 Å². The monoisotopic (exact) mass is 383 g/mol.